The van der Waals surface area contributed by atoms with Gasteiger partial charge in [-0.15, -0.1) is 0 Å². The summed E-state index contributed by atoms with van der Waals surface area (Å²) in [6, 6.07) is 7.42. The minimum atomic E-state index is -4.00. The summed E-state index contributed by atoms with van der Waals surface area (Å²) in [7, 11) is -4.00. The van der Waals surface area contributed by atoms with Crippen LogP contribution in [0.2, 0.25) is 0 Å². The van der Waals surface area contributed by atoms with Gasteiger partial charge in [-0.25, -0.2) is 5.48 Å². The Labute approximate surface area is 108 Å². The van der Waals surface area contributed by atoms with E-state index in [2.05, 4.69) is 12.1 Å². The van der Waals surface area contributed by atoms with Gasteiger partial charge < -0.3 is 0 Å². The lowest BCUT2D eigenvalue weighted by Gasteiger charge is -2.00. The Bertz CT molecular complexity index is 442. The van der Waals surface area contributed by atoms with E-state index >= 15 is 0 Å². The lowest BCUT2D eigenvalue weighted by atomic mass is 10.4. The van der Waals surface area contributed by atoms with Crippen molar-refractivity contribution in [1.82, 2.24) is 5.48 Å². The molecule has 5 nitrogen and oxygen atoms in total. The Morgan fingerprint density at radius 2 is 1.94 bits per heavy atom. The number of hydroxylamine groups is 1. The maximum Gasteiger partial charge on any atom is 0.294 e. The first-order chi connectivity index (χ1) is 8.38. The van der Waals surface area contributed by atoms with Gasteiger partial charge in [-0.1, -0.05) is 37.3 Å². The Morgan fingerprint density at radius 3 is 2.28 bits per heavy atom. The zero-order valence-corrected chi connectivity index (χ0v) is 11.4. The molecule has 1 aromatic rings. The summed E-state index contributed by atoms with van der Waals surface area (Å²) in [5.41, 5.74) is 3.75. The summed E-state index contributed by atoms with van der Waals surface area (Å²) in [4.78, 5) is 4.82. The molecule has 0 aromatic heterocycles. The van der Waals surface area contributed by atoms with E-state index in [4.69, 9.17) is 9.39 Å². The number of rotatable bonds is 5. The lowest BCUT2D eigenvalue weighted by molar-refractivity contribution is 0.0619. The van der Waals surface area contributed by atoms with Crippen molar-refractivity contribution in [3.05, 3.63) is 42.5 Å². The molecule has 0 saturated carbocycles. The molecule has 0 aliphatic carbocycles. The van der Waals surface area contributed by atoms with Gasteiger partial charge >= 0.3 is 0 Å². The van der Waals surface area contributed by atoms with Crippen molar-refractivity contribution in [2.75, 3.05) is 13.2 Å². The van der Waals surface area contributed by atoms with Gasteiger partial charge in [-0.05, 0) is 19.1 Å². The van der Waals surface area contributed by atoms with Crippen LogP contribution in [0.15, 0.2) is 47.4 Å². The number of nitrogens with one attached hydrogen (secondary N) is 1. The molecule has 0 heterocycles. The molecule has 2 N–H and O–H groups in total. The van der Waals surface area contributed by atoms with Gasteiger partial charge in [0.2, 0.25) is 0 Å². The highest BCUT2D eigenvalue weighted by Crippen LogP contribution is 2.05. The summed E-state index contributed by atoms with van der Waals surface area (Å²) in [5, 5.41) is 0. The highest BCUT2D eigenvalue weighted by molar-refractivity contribution is 7.85. The quantitative estimate of drug-likeness (QED) is 0.371. The summed E-state index contributed by atoms with van der Waals surface area (Å²) in [5.74, 6) is 0. The van der Waals surface area contributed by atoms with E-state index in [1.165, 1.54) is 12.1 Å². The van der Waals surface area contributed by atoms with Crippen LogP contribution in [0.3, 0.4) is 0 Å². The molecule has 0 radical (unpaired) electrons. The molecule has 0 fully saturated rings. The van der Waals surface area contributed by atoms with Crippen molar-refractivity contribution >= 4 is 10.1 Å². The largest absolute Gasteiger partial charge is 0.297 e. The second-order valence-electron chi connectivity index (χ2n) is 3.53. The maximum atomic E-state index is 10.4. The molecule has 102 valence electrons. The third kappa shape index (κ3) is 8.89. The van der Waals surface area contributed by atoms with Gasteiger partial charge in [0.1, 0.15) is 0 Å². The van der Waals surface area contributed by atoms with Gasteiger partial charge in [0.25, 0.3) is 10.1 Å². The molecule has 1 rings (SSSR count). The fourth-order valence-electron chi connectivity index (χ4n) is 0.869. The van der Waals surface area contributed by atoms with E-state index in [1.54, 1.807) is 18.2 Å². The Balaban J connectivity index is 0.000000331. The molecule has 0 atom stereocenters. The molecule has 6 heteroatoms. The third-order valence-electron chi connectivity index (χ3n) is 1.61. The van der Waals surface area contributed by atoms with E-state index in [1.807, 2.05) is 13.8 Å². The smallest absolute Gasteiger partial charge is 0.294 e. The average molecular weight is 273 g/mol. The van der Waals surface area contributed by atoms with Gasteiger partial charge in [-0.3, -0.25) is 9.39 Å². The molecule has 0 unspecified atom stereocenters. The van der Waals surface area contributed by atoms with Crippen molar-refractivity contribution in [2.24, 2.45) is 0 Å². The van der Waals surface area contributed by atoms with Gasteiger partial charge in [0.15, 0.2) is 0 Å². The molecular weight excluding hydrogens is 254 g/mol. The van der Waals surface area contributed by atoms with Crippen LogP contribution in [0.5, 0.6) is 0 Å². The molecule has 18 heavy (non-hydrogen) atoms. The first-order valence-electron chi connectivity index (χ1n) is 5.39. The van der Waals surface area contributed by atoms with E-state index in [0.29, 0.717) is 6.61 Å². The fourth-order valence-corrected chi connectivity index (χ4v) is 1.37. The normalized spacial score (nSPS) is 10.4. The van der Waals surface area contributed by atoms with Gasteiger partial charge in [0.05, 0.1) is 11.5 Å². The standard InChI is InChI=1S/C6H13NO.C6H6O3S/c1-4-7-8-5-6(2)3;7-10(8,9)6-4-2-1-3-5-6/h7H,2,4-5H2,1,3H3;1-5H,(H,7,8,9). The first-order valence-corrected chi connectivity index (χ1v) is 6.83. The predicted octanol–water partition coefficient (Wildman–Crippen LogP) is 2.04. The zero-order chi connectivity index (χ0) is 14.0. The minimum Gasteiger partial charge on any atom is -0.297 e. The first kappa shape index (κ1) is 16.8. The summed E-state index contributed by atoms with van der Waals surface area (Å²) < 4.78 is 29.2. The lowest BCUT2D eigenvalue weighted by Crippen LogP contribution is -2.14. The molecule has 0 spiro atoms. The van der Waals surface area contributed by atoms with E-state index in [9.17, 15) is 8.42 Å². The van der Waals surface area contributed by atoms with Gasteiger partial charge in [0, 0.05) is 6.54 Å². The summed E-state index contributed by atoms with van der Waals surface area (Å²) in [6.45, 7) is 9.02. The van der Waals surface area contributed by atoms with Crippen molar-refractivity contribution in [3.8, 4) is 0 Å². The van der Waals surface area contributed by atoms with Crippen molar-refractivity contribution in [3.63, 3.8) is 0 Å². The predicted molar refractivity (Wildman–Crippen MR) is 70.7 cm³/mol. The van der Waals surface area contributed by atoms with E-state index in [-0.39, 0.29) is 4.90 Å². The van der Waals surface area contributed by atoms with Crippen LogP contribution in [-0.2, 0) is 15.0 Å². The molecule has 0 bridgehead atoms. The molecule has 0 aliphatic heterocycles. The second-order valence-corrected chi connectivity index (χ2v) is 4.95. The minimum absolute atomic E-state index is 0.0741. The monoisotopic (exact) mass is 273 g/mol. The van der Waals surface area contributed by atoms with Gasteiger partial charge in [-0.2, -0.15) is 8.42 Å². The number of benzene rings is 1. The van der Waals surface area contributed by atoms with E-state index < -0.39 is 10.1 Å². The molecule has 1 aromatic carbocycles. The van der Waals surface area contributed by atoms with Crippen molar-refractivity contribution in [2.45, 2.75) is 18.7 Å². The van der Waals surface area contributed by atoms with Crippen LogP contribution >= 0.6 is 0 Å². The van der Waals surface area contributed by atoms with Crippen molar-refractivity contribution in [1.29, 1.82) is 0 Å². The van der Waals surface area contributed by atoms with Crippen LogP contribution in [0.1, 0.15) is 13.8 Å². The Kier molecular flexibility index (Phi) is 8.23. The number of hydrogen-bond donors (Lipinski definition) is 2. The number of hydrogen-bond acceptors (Lipinski definition) is 4. The average Bonchev–Trinajstić information content (AvgIpc) is 2.30. The highest BCUT2D eigenvalue weighted by Gasteiger charge is 2.05. The highest BCUT2D eigenvalue weighted by atomic mass is 32.2. The third-order valence-corrected chi connectivity index (χ3v) is 2.47. The summed E-state index contributed by atoms with van der Waals surface area (Å²) >= 11 is 0. The maximum absolute atomic E-state index is 10.4. The van der Waals surface area contributed by atoms with Crippen LogP contribution in [0.25, 0.3) is 0 Å². The Morgan fingerprint density at radius 1 is 1.39 bits per heavy atom. The molecule has 0 aliphatic rings. The van der Waals surface area contributed by atoms with Crippen LogP contribution in [0.4, 0.5) is 0 Å². The van der Waals surface area contributed by atoms with Crippen LogP contribution in [-0.4, -0.2) is 26.1 Å². The summed E-state index contributed by atoms with van der Waals surface area (Å²) in [6.07, 6.45) is 0. The molecular formula is C12H19NO4S. The van der Waals surface area contributed by atoms with Crippen LogP contribution < -0.4 is 5.48 Å². The molecule has 0 saturated heterocycles. The topological polar surface area (TPSA) is 75.6 Å². The van der Waals surface area contributed by atoms with Crippen LogP contribution in [0, 0.1) is 0 Å². The SMILES string of the molecule is C=C(C)CONCC.O=S(=O)(O)c1ccccc1. The van der Waals surface area contributed by atoms with Crippen molar-refractivity contribution < 1.29 is 17.8 Å². The fraction of sp³-hybridized carbons (Fsp3) is 0.333. The second kappa shape index (κ2) is 8.82. The Hall–Kier alpha value is -1.21. The molecule has 0 amide bonds. The zero-order valence-electron chi connectivity index (χ0n) is 10.6. The van der Waals surface area contributed by atoms with E-state index in [0.717, 1.165) is 12.1 Å².